The molecular formula is C18H34O2. The van der Waals surface area contributed by atoms with E-state index in [1.54, 1.807) is 0 Å². The molecule has 2 saturated carbocycles. The second kappa shape index (κ2) is 7.85. The molecule has 0 N–H and O–H groups in total. The summed E-state index contributed by atoms with van der Waals surface area (Å²) in [4.78, 5) is 11.2. The van der Waals surface area contributed by atoms with Crippen LogP contribution in [0, 0.1) is 17.8 Å². The van der Waals surface area contributed by atoms with Gasteiger partial charge in [-0.05, 0) is 56.3 Å². The Hall–Kier alpha value is -0.790. The highest BCUT2D eigenvalue weighted by atomic mass is 16.5. The Labute approximate surface area is 126 Å². The van der Waals surface area contributed by atoms with E-state index in [9.17, 15) is 4.79 Å². The molecule has 0 aromatic heterocycles. The molecule has 0 spiro atoms. The lowest BCUT2D eigenvalue weighted by molar-refractivity contribution is -0.145. The highest BCUT2D eigenvalue weighted by Crippen LogP contribution is 2.41. The molecule has 2 heteroatoms. The lowest BCUT2D eigenvalue weighted by Gasteiger charge is -2.37. The van der Waals surface area contributed by atoms with Gasteiger partial charge in [-0.3, -0.25) is 0 Å². The van der Waals surface area contributed by atoms with Gasteiger partial charge in [0.1, 0.15) is 6.10 Å². The summed E-state index contributed by atoms with van der Waals surface area (Å²) in [5.41, 5.74) is 0. The number of carbonyl (C=O) groups is 1. The normalized spacial score (nSPS) is 34.5. The summed E-state index contributed by atoms with van der Waals surface area (Å²) < 4.78 is 5.37. The number of ether oxygens (including phenoxy) is 1. The standard InChI is InChI=1S/C18H30O2.2H2/c1-3-5-14-6-8-15(9-7-14)16-10-12-17(13-11-16)20-18(19)4-2;;/h4,14-17H,2-3,5-13H2,1H3;2*1H. The summed E-state index contributed by atoms with van der Waals surface area (Å²) in [7, 11) is 0. The fourth-order valence-corrected chi connectivity index (χ4v) is 4.25. The van der Waals surface area contributed by atoms with Crippen LogP contribution in [0.5, 0.6) is 0 Å². The van der Waals surface area contributed by atoms with Crippen LogP contribution in [0.25, 0.3) is 0 Å². The molecule has 0 atom stereocenters. The van der Waals surface area contributed by atoms with Crippen molar-refractivity contribution in [3.63, 3.8) is 0 Å². The van der Waals surface area contributed by atoms with E-state index in [2.05, 4.69) is 13.5 Å². The van der Waals surface area contributed by atoms with E-state index < -0.39 is 0 Å². The van der Waals surface area contributed by atoms with E-state index in [4.69, 9.17) is 4.74 Å². The van der Waals surface area contributed by atoms with E-state index in [1.165, 1.54) is 57.4 Å². The van der Waals surface area contributed by atoms with E-state index in [1.807, 2.05) is 0 Å². The number of rotatable bonds is 5. The predicted octanol–water partition coefficient (Wildman–Crippen LogP) is 5.37. The minimum absolute atomic E-state index is 0. The fourth-order valence-electron chi connectivity index (χ4n) is 4.25. The molecule has 0 heterocycles. The van der Waals surface area contributed by atoms with Gasteiger partial charge in [-0.15, -0.1) is 0 Å². The first-order valence-corrected chi connectivity index (χ1v) is 8.56. The molecule has 0 aromatic carbocycles. The van der Waals surface area contributed by atoms with Crippen LogP contribution in [0.15, 0.2) is 12.7 Å². The average molecular weight is 282 g/mol. The van der Waals surface area contributed by atoms with Crippen LogP contribution in [0.3, 0.4) is 0 Å². The van der Waals surface area contributed by atoms with Gasteiger partial charge in [0.25, 0.3) is 0 Å². The van der Waals surface area contributed by atoms with Gasteiger partial charge in [-0.1, -0.05) is 39.2 Å². The lowest BCUT2D eigenvalue weighted by Crippen LogP contribution is -2.29. The van der Waals surface area contributed by atoms with Crippen molar-refractivity contribution in [2.24, 2.45) is 17.8 Å². The summed E-state index contributed by atoms with van der Waals surface area (Å²) in [6, 6.07) is 0. The summed E-state index contributed by atoms with van der Waals surface area (Å²) in [5, 5.41) is 0. The maximum Gasteiger partial charge on any atom is 0.330 e. The maximum atomic E-state index is 11.2. The molecule has 2 aliphatic rings. The second-order valence-electron chi connectivity index (χ2n) is 6.75. The monoisotopic (exact) mass is 282 g/mol. The average Bonchev–Trinajstić information content (AvgIpc) is 2.49. The van der Waals surface area contributed by atoms with Gasteiger partial charge in [0.2, 0.25) is 0 Å². The number of hydrogen-bond donors (Lipinski definition) is 0. The molecule has 0 aromatic rings. The van der Waals surface area contributed by atoms with Crippen LogP contribution < -0.4 is 0 Å². The third kappa shape index (κ3) is 4.36. The summed E-state index contributed by atoms with van der Waals surface area (Å²) in [6.07, 6.45) is 14.6. The van der Waals surface area contributed by atoms with Crippen molar-refractivity contribution in [2.75, 3.05) is 0 Å². The molecule has 2 rings (SSSR count). The second-order valence-corrected chi connectivity index (χ2v) is 6.75. The SMILES string of the molecule is C=CC(=O)OC1CCC(C2CCC(CCC)CC2)CC1.[HH].[HH]. The number of hydrogen-bond acceptors (Lipinski definition) is 2. The fraction of sp³-hybridized carbons (Fsp3) is 0.833. The van der Waals surface area contributed by atoms with Gasteiger partial charge in [0.05, 0.1) is 0 Å². The molecule has 2 aliphatic carbocycles. The summed E-state index contributed by atoms with van der Waals surface area (Å²) in [6.45, 7) is 5.77. The molecule has 0 aliphatic heterocycles. The van der Waals surface area contributed by atoms with Gasteiger partial charge in [-0.25, -0.2) is 4.79 Å². The van der Waals surface area contributed by atoms with Gasteiger partial charge >= 0.3 is 5.97 Å². The summed E-state index contributed by atoms with van der Waals surface area (Å²) >= 11 is 0. The van der Waals surface area contributed by atoms with E-state index >= 15 is 0 Å². The van der Waals surface area contributed by atoms with E-state index in [0.29, 0.717) is 0 Å². The van der Waals surface area contributed by atoms with Crippen LogP contribution in [-0.4, -0.2) is 12.1 Å². The van der Waals surface area contributed by atoms with Gasteiger partial charge in [0.15, 0.2) is 0 Å². The zero-order valence-corrected chi connectivity index (χ0v) is 13.0. The van der Waals surface area contributed by atoms with Crippen molar-refractivity contribution in [1.29, 1.82) is 0 Å². The highest BCUT2D eigenvalue weighted by molar-refractivity contribution is 5.81. The first kappa shape index (κ1) is 15.6. The zero-order chi connectivity index (χ0) is 14.4. The Morgan fingerprint density at radius 1 is 1.10 bits per heavy atom. The first-order chi connectivity index (χ1) is 9.72. The molecule has 0 amide bonds. The predicted molar refractivity (Wildman–Crippen MR) is 86.6 cm³/mol. The van der Waals surface area contributed by atoms with Gasteiger partial charge < -0.3 is 4.74 Å². The molecule has 20 heavy (non-hydrogen) atoms. The molecule has 118 valence electrons. The van der Waals surface area contributed by atoms with Crippen LogP contribution in [-0.2, 0) is 9.53 Å². The molecule has 0 bridgehead atoms. The quantitative estimate of drug-likeness (QED) is 0.500. The highest BCUT2D eigenvalue weighted by Gasteiger charge is 2.31. The third-order valence-corrected chi connectivity index (χ3v) is 5.42. The molecule has 2 fully saturated rings. The maximum absolute atomic E-state index is 11.2. The Kier molecular flexibility index (Phi) is 6.12. The molecular weight excluding hydrogens is 248 g/mol. The van der Waals surface area contributed by atoms with Crippen molar-refractivity contribution >= 4 is 5.97 Å². The number of esters is 1. The van der Waals surface area contributed by atoms with E-state index in [0.717, 1.165) is 30.6 Å². The molecule has 0 saturated heterocycles. The Morgan fingerprint density at radius 2 is 1.65 bits per heavy atom. The first-order valence-electron chi connectivity index (χ1n) is 8.56. The topological polar surface area (TPSA) is 26.3 Å². The van der Waals surface area contributed by atoms with Gasteiger partial charge in [-0.2, -0.15) is 0 Å². The van der Waals surface area contributed by atoms with Crippen LogP contribution in [0.2, 0.25) is 0 Å². The van der Waals surface area contributed by atoms with Crippen LogP contribution >= 0.6 is 0 Å². The van der Waals surface area contributed by atoms with Crippen LogP contribution in [0.1, 0.15) is 74.0 Å². The van der Waals surface area contributed by atoms with Crippen molar-refractivity contribution in [2.45, 2.75) is 77.2 Å². The Morgan fingerprint density at radius 3 is 2.15 bits per heavy atom. The molecule has 2 nitrogen and oxygen atoms in total. The van der Waals surface area contributed by atoms with Crippen molar-refractivity contribution < 1.29 is 12.4 Å². The van der Waals surface area contributed by atoms with E-state index in [-0.39, 0.29) is 14.9 Å². The largest absolute Gasteiger partial charge is 0.459 e. The Bertz CT molecular complexity index is 317. The molecule has 0 unspecified atom stereocenters. The van der Waals surface area contributed by atoms with Crippen LogP contribution in [0.4, 0.5) is 0 Å². The van der Waals surface area contributed by atoms with Crippen molar-refractivity contribution in [3.05, 3.63) is 12.7 Å². The smallest absolute Gasteiger partial charge is 0.330 e. The van der Waals surface area contributed by atoms with Crippen molar-refractivity contribution in [1.82, 2.24) is 0 Å². The lowest BCUT2D eigenvalue weighted by atomic mass is 9.70. The van der Waals surface area contributed by atoms with Gasteiger partial charge in [0, 0.05) is 8.93 Å². The molecule has 0 radical (unpaired) electrons. The zero-order valence-electron chi connectivity index (χ0n) is 13.0. The minimum atomic E-state index is -0.256. The third-order valence-electron chi connectivity index (χ3n) is 5.42. The van der Waals surface area contributed by atoms with Crippen molar-refractivity contribution in [3.8, 4) is 0 Å². The minimum Gasteiger partial charge on any atom is -0.459 e. The summed E-state index contributed by atoms with van der Waals surface area (Å²) in [5.74, 6) is 2.57. The Balaban J connectivity index is 0.00000220. The number of carbonyl (C=O) groups excluding carboxylic acids is 1.